The summed E-state index contributed by atoms with van der Waals surface area (Å²) in [6.07, 6.45) is 8.20. The second-order valence-electron chi connectivity index (χ2n) is 7.97. The van der Waals surface area contributed by atoms with E-state index in [4.69, 9.17) is 5.73 Å². The fourth-order valence-corrected chi connectivity index (χ4v) is 5.63. The zero-order valence-corrected chi connectivity index (χ0v) is 13.1. The van der Waals surface area contributed by atoms with E-state index in [1.165, 1.54) is 38.5 Å². The van der Waals surface area contributed by atoms with E-state index in [0.717, 1.165) is 23.3 Å². The smallest absolute Gasteiger partial charge is 0.222 e. The third kappa shape index (κ3) is 2.67. The van der Waals surface area contributed by atoms with Crippen LogP contribution >= 0.6 is 0 Å². The first-order chi connectivity index (χ1) is 10.6. The lowest BCUT2D eigenvalue weighted by Gasteiger charge is -2.57. The number of hydrogen-bond donors (Lipinski definition) is 2. The molecule has 22 heavy (non-hydrogen) atoms. The second kappa shape index (κ2) is 5.38. The summed E-state index contributed by atoms with van der Waals surface area (Å²) < 4.78 is 0. The normalized spacial score (nSPS) is 37.0. The molecular formula is C19H26N2O. The first-order valence-corrected chi connectivity index (χ1v) is 8.73. The highest BCUT2D eigenvalue weighted by molar-refractivity contribution is 5.77. The number of hydrogen-bond acceptors (Lipinski definition) is 2. The Morgan fingerprint density at radius 3 is 2.18 bits per heavy atom. The van der Waals surface area contributed by atoms with Crippen LogP contribution < -0.4 is 11.1 Å². The van der Waals surface area contributed by atoms with Gasteiger partial charge in [-0.1, -0.05) is 30.3 Å². The number of benzene rings is 1. The molecule has 118 valence electrons. The van der Waals surface area contributed by atoms with Crippen molar-refractivity contribution in [3.63, 3.8) is 0 Å². The Hall–Kier alpha value is -1.35. The summed E-state index contributed by atoms with van der Waals surface area (Å²) >= 11 is 0. The van der Waals surface area contributed by atoms with Crippen LogP contribution in [0.25, 0.3) is 0 Å². The lowest BCUT2D eigenvalue weighted by Crippen LogP contribution is -2.60. The topological polar surface area (TPSA) is 55.1 Å². The molecule has 0 unspecified atom stereocenters. The standard InChI is InChI=1S/C19H26N2O/c20-17(16-4-2-1-3-5-16)9-18(22)21-19-10-13-6-14(11-19)8-15(7-13)12-19/h1-5,13-15,17H,6-12,20H2,(H,21,22)/t13?,14?,15?,17-,19?/m0/s1. The van der Waals surface area contributed by atoms with E-state index in [1.807, 2.05) is 30.3 Å². The summed E-state index contributed by atoms with van der Waals surface area (Å²) in [6, 6.07) is 9.74. The molecule has 0 radical (unpaired) electrons. The second-order valence-corrected chi connectivity index (χ2v) is 7.97. The van der Waals surface area contributed by atoms with Gasteiger partial charge in [0.1, 0.15) is 0 Å². The molecule has 0 aromatic heterocycles. The molecule has 3 nitrogen and oxygen atoms in total. The lowest BCUT2D eigenvalue weighted by molar-refractivity contribution is -0.127. The molecule has 3 N–H and O–H groups in total. The van der Waals surface area contributed by atoms with Gasteiger partial charge in [-0.05, 0) is 61.8 Å². The molecule has 4 aliphatic carbocycles. The van der Waals surface area contributed by atoms with E-state index in [1.54, 1.807) is 0 Å². The van der Waals surface area contributed by atoms with E-state index in [2.05, 4.69) is 5.32 Å². The maximum Gasteiger partial charge on any atom is 0.222 e. The van der Waals surface area contributed by atoms with Crippen molar-refractivity contribution in [1.29, 1.82) is 0 Å². The van der Waals surface area contributed by atoms with Crippen molar-refractivity contribution < 1.29 is 4.79 Å². The van der Waals surface area contributed by atoms with Crippen LogP contribution in [0, 0.1) is 17.8 Å². The van der Waals surface area contributed by atoms with Crippen LogP contribution in [0.3, 0.4) is 0 Å². The average molecular weight is 298 g/mol. The molecule has 0 spiro atoms. The monoisotopic (exact) mass is 298 g/mol. The summed E-state index contributed by atoms with van der Waals surface area (Å²) in [5.74, 6) is 2.70. The molecule has 4 saturated carbocycles. The van der Waals surface area contributed by atoms with Crippen molar-refractivity contribution in [3.8, 4) is 0 Å². The molecule has 4 fully saturated rings. The summed E-state index contributed by atoms with van der Waals surface area (Å²) in [5, 5.41) is 3.41. The first-order valence-electron chi connectivity index (χ1n) is 8.73. The van der Waals surface area contributed by atoms with Crippen molar-refractivity contribution in [2.75, 3.05) is 0 Å². The molecule has 0 aliphatic heterocycles. The Balaban J connectivity index is 1.40. The van der Waals surface area contributed by atoms with Crippen LogP contribution in [0.2, 0.25) is 0 Å². The Bertz CT molecular complexity index is 519. The van der Waals surface area contributed by atoms with Gasteiger partial charge in [0.05, 0.1) is 0 Å². The Kier molecular flexibility index (Phi) is 3.48. The van der Waals surface area contributed by atoms with Gasteiger partial charge in [-0.2, -0.15) is 0 Å². The predicted octanol–water partition coefficient (Wildman–Crippen LogP) is 3.16. The molecule has 1 aromatic carbocycles. The summed E-state index contributed by atoms with van der Waals surface area (Å²) in [5.41, 5.74) is 7.35. The van der Waals surface area contributed by atoms with Gasteiger partial charge >= 0.3 is 0 Å². The van der Waals surface area contributed by atoms with Crippen LogP contribution in [0.5, 0.6) is 0 Å². The van der Waals surface area contributed by atoms with Crippen LogP contribution in [-0.2, 0) is 4.79 Å². The number of amides is 1. The van der Waals surface area contributed by atoms with Crippen LogP contribution in [-0.4, -0.2) is 11.4 Å². The number of nitrogens with one attached hydrogen (secondary N) is 1. The minimum Gasteiger partial charge on any atom is -0.351 e. The SMILES string of the molecule is N[C@@H](CC(=O)NC12CC3CC(CC(C3)C1)C2)c1ccccc1. The highest BCUT2D eigenvalue weighted by Crippen LogP contribution is 2.55. The van der Waals surface area contributed by atoms with E-state index in [-0.39, 0.29) is 17.5 Å². The van der Waals surface area contributed by atoms with Crippen LogP contribution in [0.4, 0.5) is 0 Å². The van der Waals surface area contributed by atoms with Crippen molar-refractivity contribution in [3.05, 3.63) is 35.9 Å². The molecule has 1 amide bonds. The molecule has 1 atom stereocenters. The van der Waals surface area contributed by atoms with Crippen LogP contribution in [0.1, 0.15) is 56.6 Å². The third-order valence-electron chi connectivity index (χ3n) is 6.08. The molecule has 1 aromatic rings. The Morgan fingerprint density at radius 1 is 1.09 bits per heavy atom. The Labute approximate surface area is 132 Å². The molecule has 3 heteroatoms. The van der Waals surface area contributed by atoms with E-state index < -0.39 is 0 Å². The van der Waals surface area contributed by atoms with Crippen molar-refractivity contribution >= 4 is 5.91 Å². The largest absolute Gasteiger partial charge is 0.351 e. The first kappa shape index (κ1) is 14.3. The summed E-state index contributed by atoms with van der Waals surface area (Å²) in [7, 11) is 0. The van der Waals surface area contributed by atoms with Gasteiger partial charge in [0.2, 0.25) is 5.91 Å². The Morgan fingerprint density at radius 2 is 1.64 bits per heavy atom. The number of carbonyl (C=O) groups is 1. The highest BCUT2D eigenvalue weighted by Gasteiger charge is 2.51. The molecule has 0 saturated heterocycles. The van der Waals surface area contributed by atoms with Gasteiger partial charge in [-0.25, -0.2) is 0 Å². The molecule has 4 aliphatic rings. The fourth-order valence-electron chi connectivity index (χ4n) is 5.63. The summed E-state index contributed by atoms with van der Waals surface area (Å²) in [4.78, 5) is 12.5. The average Bonchev–Trinajstić information content (AvgIpc) is 2.45. The zero-order chi connectivity index (χ0) is 15.2. The van der Waals surface area contributed by atoms with Gasteiger partial charge in [0.15, 0.2) is 0 Å². The molecule has 5 rings (SSSR count). The van der Waals surface area contributed by atoms with E-state index in [0.29, 0.717) is 6.42 Å². The number of rotatable bonds is 4. The number of carbonyl (C=O) groups excluding carboxylic acids is 1. The minimum absolute atomic E-state index is 0.0994. The van der Waals surface area contributed by atoms with E-state index >= 15 is 0 Å². The highest BCUT2D eigenvalue weighted by atomic mass is 16.1. The number of nitrogens with two attached hydrogens (primary N) is 1. The van der Waals surface area contributed by atoms with Gasteiger partial charge in [0.25, 0.3) is 0 Å². The van der Waals surface area contributed by atoms with Crippen molar-refractivity contribution in [2.24, 2.45) is 23.5 Å². The molecular weight excluding hydrogens is 272 g/mol. The lowest BCUT2D eigenvalue weighted by atomic mass is 9.53. The zero-order valence-electron chi connectivity index (χ0n) is 13.1. The van der Waals surface area contributed by atoms with Crippen molar-refractivity contribution in [1.82, 2.24) is 5.32 Å². The predicted molar refractivity (Wildman–Crippen MR) is 87.0 cm³/mol. The minimum atomic E-state index is -0.199. The maximum atomic E-state index is 12.5. The van der Waals surface area contributed by atoms with Gasteiger partial charge < -0.3 is 11.1 Å². The van der Waals surface area contributed by atoms with Gasteiger partial charge in [-0.3, -0.25) is 4.79 Å². The van der Waals surface area contributed by atoms with Gasteiger partial charge in [-0.15, -0.1) is 0 Å². The molecule has 4 bridgehead atoms. The van der Waals surface area contributed by atoms with Gasteiger partial charge in [0, 0.05) is 18.0 Å². The van der Waals surface area contributed by atoms with Crippen LogP contribution in [0.15, 0.2) is 30.3 Å². The third-order valence-corrected chi connectivity index (χ3v) is 6.08. The fraction of sp³-hybridized carbons (Fsp3) is 0.632. The maximum absolute atomic E-state index is 12.5. The summed E-state index contributed by atoms with van der Waals surface area (Å²) in [6.45, 7) is 0. The van der Waals surface area contributed by atoms with E-state index in [9.17, 15) is 4.79 Å². The quantitative estimate of drug-likeness (QED) is 0.897. The molecule has 0 heterocycles. The van der Waals surface area contributed by atoms with Crippen molar-refractivity contribution in [2.45, 2.75) is 56.5 Å².